The van der Waals surface area contributed by atoms with Crippen LogP contribution < -0.4 is 9.46 Å². The molecule has 19 heavy (non-hydrogen) atoms. The third-order valence-electron chi connectivity index (χ3n) is 2.25. The first-order valence-electron chi connectivity index (χ1n) is 5.03. The molecule has 0 saturated heterocycles. The van der Waals surface area contributed by atoms with E-state index in [1.165, 1.54) is 13.2 Å². The van der Waals surface area contributed by atoms with Gasteiger partial charge in [-0.25, -0.2) is 8.42 Å². The topological polar surface area (TPSA) is 55.4 Å². The zero-order chi connectivity index (χ0) is 14.0. The average molecular weight is 383 g/mol. The van der Waals surface area contributed by atoms with E-state index in [1.807, 2.05) is 0 Å². The van der Waals surface area contributed by atoms with E-state index in [0.717, 1.165) is 11.3 Å². The molecule has 2 aromatic rings. The number of halogens is 2. The molecule has 0 aliphatic rings. The molecule has 0 unspecified atom stereocenters. The molecule has 0 radical (unpaired) electrons. The zero-order valence-electron chi connectivity index (χ0n) is 9.68. The quantitative estimate of drug-likeness (QED) is 0.870. The van der Waals surface area contributed by atoms with Crippen molar-refractivity contribution in [1.82, 2.24) is 0 Å². The number of ether oxygens (including phenoxy) is 1. The van der Waals surface area contributed by atoms with Gasteiger partial charge in [0.15, 0.2) is 4.21 Å². The minimum Gasteiger partial charge on any atom is -0.497 e. The third-order valence-corrected chi connectivity index (χ3v) is 6.61. The number of hydrogen-bond donors (Lipinski definition) is 1. The highest BCUT2D eigenvalue weighted by Gasteiger charge is 2.20. The number of benzene rings is 1. The second kappa shape index (κ2) is 5.70. The first-order valence-corrected chi connectivity index (χ1v) is 8.57. The first kappa shape index (κ1) is 14.6. The van der Waals surface area contributed by atoms with Gasteiger partial charge < -0.3 is 4.74 Å². The molecule has 1 aromatic heterocycles. The Kier molecular flexibility index (Phi) is 4.39. The molecule has 0 aliphatic carbocycles. The van der Waals surface area contributed by atoms with Crippen LogP contribution in [0.25, 0.3) is 0 Å². The van der Waals surface area contributed by atoms with Gasteiger partial charge in [-0.15, -0.1) is 11.3 Å². The van der Waals surface area contributed by atoms with Gasteiger partial charge in [0.25, 0.3) is 10.0 Å². The molecule has 1 N–H and O–H groups in total. The van der Waals surface area contributed by atoms with Gasteiger partial charge >= 0.3 is 0 Å². The van der Waals surface area contributed by atoms with Crippen molar-refractivity contribution in [2.75, 3.05) is 11.8 Å². The Labute approximate surface area is 128 Å². The fourth-order valence-corrected chi connectivity index (χ4v) is 5.00. The number of thiophene rings is 1. The Bertz CT molecular complexity index is 700. The summed E-state index contributed by atoms with van der Waals surface area (Å²) in [7, 11) is -2.17. The van der Waals surface area contributed by atoms with Crippen LogP contribution in [0.15, 0.2) is 38.3 Å². The number of anilines is 1. The maximum atomic E-state index is 12.2. The summed E-state index contributed by atoms with van der Waals surface area (Å²) >= 11 is 10.3. The van der Waals surface area contributed by atoms with Crippen LogP contribution in [0, 0.1) is 0 Å². The molecule has 0 aliphatic heterocycles. The van der Waals surface area contributed by atoms with Crippen molar-refractivity contribution < 1.29 is 13.2 Å². The Morgan fingerprint density at radius 3 is 2.68 bits per heavy atom. The Morgan fingerprint density at radius 1 is 1.37 bits per heavy atom. The number of hydrogen-bond acceptors (Lipinski definition) is 4. The molecule has 2 rings (SSSR count). The average Bonchev–Trinajstić information content (AvgIpc) is 2.79. The fraction of sp³-hybridized carbons (Fsp3) is 0.0909. The molecule has 4 nitrogen and oxygen atoms in total. The van der Waals surface area contributed by atoms with Crippen LogP contribution in [0.3, 0.4) is 0 Å². The molecule has 1 aromatic carbocycles. The minimum atomic E-state index is -3.67. The van der Waals surface area contributed by atoms with E-state index in [1.54, 1.807) is 23.6 Å². The highest BCUT2D eigenvalue weighted by molar-refractivity contribution is 9.10. The molecular formula is C11H9BrClNO3S2. The van der Waals surface area contributed by atoms with Gasteiger partial charge in [0.1, 0.15) is 5.75 Å². The second-order valence-corrected chi connectivity index (χ2v) is 7.56. The molecule has 0 amide bonds. The lowest BCUT2D eigenvalue weighted by Gasteiger charge is -2.10. The smallest absolute Gasteiger partial charge is 0.272 e. The van der Waals surface area contributed by atoms with Crippen LogP contribution in [-0.4, -0.2) is 15.5 Å². The van der Waals surface area contributed by atoms with E-state index in [0.29, 0.717) is 15.2 Å². The van der Waals surface area contributed by atoms with Gasteiger partial charge in [-0.2, -0.15) is 0 Å². The fourth-order valence-electron chi connectivity index (χ4n) is 1.37. The van der Waals surface area contributed by atoms with Crippen LogP contribution >= 0.6 is 38.9 Å². The van der Waals surface area contributed by atoms with Crippen molar-refractivity contribution in [3.8, 4) is 5.75 Å². The lowest BCUT2D eigenvalue weighted by Crippen LogP contribution is -2.12. The van der Waals surface area contributed by atoms with Crippen molar-refractivity contribution in [3.63, 3.8) is 0 Å². The van der Waals surface area contributed by atoms with Gasteiger partial charge in [0.05, 0.1) is 17.8 Å². The van der Waals surface area contributed by atoms with Gasteiger partial charge in [-0.3, -0.25) is 4.72 Å². The summed E-state index contributed by atoms with van der Waals surface area (Å²) in [5, 5.41) is 1.99. The number of sulfonamides is 1. The standard InChI is InChI=1S/C11H9BrClNO3S2/c1-17-7-2-3-9(13)10(6-7)14-19(15,16)11-8(12)4-5-18-11/h2-6,14H,1H3. The second-order valence-electron chi connectivity index (χ2n) is 3.51. The summed E-state index contributed by atoms with van der Waals surface area (Å²) in [5.74, 6) is 0.521. The number of methoxy groups -OCH3 is 1. The molecule has 0 bridgehead atoms. The molecule has 8 heteroatoms. The van der Waals surface area contributed by atoms with Crippen LogP contribution in [0.2, 0.25) is 5.02 Å². The monoisotopic (exact) mass is 381 g/mol. The highest BCUT2D eigenvalue weighted by Crippen LogP contribution is 2.32. The van der Waals surface area contributed by atoms with E-state index in [4.69, 9.17) is 16.3 Å². The molecular weight excluding hydrogens is 374 g/mol. The zero-order valence-corrected chi connectivity index (χ0v) is 13.7. The maximum Gasteiger partial charge on any atom is 0.272 e. The summed E-state index contributed by atoms with van der Waals surface area (Å²) < 4.78 is 32.6. The van der Waals surface area contributed by atoms with Gasteiger partial charge in [0, 0.05) is 10.5 Å². The van der Waals surface area contributed by atoms with E-state index < -0.39 is 10.0 Å². The van der Waals surface area contributed by atoms with Crippen molar-refractivity contribution in [3.05, 3.63) is 39.1 Å². The van der Waals surface area contributed by atoms with Gasteiger partial charge in [0.2, 0.25) is 0 Å². The van der Waals surface area contributed by atoms with Crippen molar-refractivity contribution >= 4 is 54.6 Å². The number of nitrogens with one attached hydrogen (secondary N) is 1. The lowest BCUT2D eigenvalue weighted by molar-refractivity contribution is 0.415. The summed E-state index contributed by atoms with van der Waals surface area (Å²) in [6.45, 7) is 0. The Hall–Kier alpha value is -0.760. The molecule has 1 heterocycles. The number of rotatable bonds is 4. The summed E-state index contributed by atoms with van der Waals surface area (Å²) in [5.41, 5.74) is 0.279. The maximum absolute atomic E-state index is 12.2. The SMILES string of the molecule is COc1ccc(Cl)c(NS(=O)(=O)c2sccc2Br)c1. The van der Waals surface area contributed by atoms with Crippen LogP contribution in [-0.2, 0) is 10.0 Å². The predicted molar refractivity (Wildman–Crippen MR) is 80.8 cm³/mol. The Morgan fingerprint density at radius 2 is 2.11 bits per heavy atom. The largest absolute Gasteiger partial charge is 0.497 e. The van der Waals surface area contributed by atoms with Crippen molar-refractivity contribution in [1.29, 1.82) is 0 Å². The third kappa shape index (κ3) is 3.22. The van der Waals surface area contributed by atoms with Gasteiger partial charge in [-0.05, 0) is 39.5 Å². The summed E-state index contributed by atoms with van der Waals surface area (Å²) in [4.78, 5) is 0. The molecule has 0 fully saturated rings. The Balaban J connectivity index is 2.38. The predicted octanol–water partition coefficient (Wildman–Crippen LogP) is 3.97. The summed E-state index contributed by atoms with van der Waals surface area (Å²) in [6, 6.07) is 6.43. The van der Waals surface area contributed by atoms with Gasteiger partial charge in [-0.1, -0.05) is 11.6 Å². The molecule has 102 valence electrons. The normalized spacial score (nSPS) is 11.3. The van der Waals surface area contributed by atoms with E-state index in [-0.39, 0.29) is 9.90 Å². The molecule has 0 atom stereocenters. The summed E-state index contributed by atoms with van der Waals surface area (Å²) in [6.07, 6.45) is 0. The van der Waals surface area contributed by atoms with Crippen molar-refractivity contribution in [2.24, 2.45) is 0 Å². The minimum absolute atomic E-state index is 0.200. The molecule has 0 saturated carbocycles. The first-order chi connectivity index (χ1) is 8.94. The molecule has 0 spiro atoms. The highest BCUT2D eigenvalue weighted by atomic mass is 79.9. The van der Waals surface area contributed by atoms with Crippen LogP contribution in [0.1, 0.15) is 0 Å². The van der Waals surface area contributed by atoms with E-state index in [2.05, 4.69) is 20.7 Å². The lowest BCUT2D eigenvalue weighted by atomic mass is 10.3. The van der Waals surface area contributed by atoms with E-state index >= 15 is 0 Å². The van der Waals surface area contributed by atoms with E-state index in [9.17, 15) is 8.42 Å². The van der Waals surface area contributed by atoms with Crippen LogP contribution in [0.4, 0.5) is 5.69 Å². The van der Waals surface area contributed by atoms with Crippen molar-refractivity contribution in [2.45, 2.75) is 4.21 Å². The van der Waals surface area contributed by atoms with Crippen LogP contribution in [0.5, 0.6) is 5.75 Å².